The van der Waals surface area contributed by atoms with Crippen LogP contribution in [0.1, 0.15) is 20.8 Å². The first-order valence-electron chi connectivity index (χ1n) is 11.3. The van der Waals surface area contributed by atoms with E-state index in [1.807, 2.05) is 0 Å². The van der Waals surface area contributed by atoms with E-state index < -0.39 is 105 Å². The van der Waals surface area contributed by atoms with E-state index in [-0.39, 0.29) is 0 Å². The summed E-state index contributed by atoms with van der Waals surface area (Å²) in [5, 5.41) is 83.9. The average Bonchev–Trinajstić information content (AvgIpc) is 2.80. The fourth-order valence-corrected chi connectivity index (χ4v) is 4.38. The summed E-state index contributed by atoms with van der Waals surface area (Å²) in [6.07, 6.45) is -20.2. The van der Waals surface area contributed by atoms with Crippen LogP contribution in [-0.2, 0) is 28.5 Å². The van der Waals surface area contributed by atoms with Gasteiger partial charge >= 0.3 is 0 Å². The second-order valence-corrected chi connectivity index (χ2v) is 9.04. The van der Waals surface area contributed by atoms with Gasteiger partial charge in [0.15, 0.2) is 18.9 Å². The van der Waals surface area contributed by atoms with Gasteiger partial charge in [-0.3, -0.25) is 4.79 Å². The lowest BCUT2D eigenvalue weighted by Crippen LogP contribution is -2.67. The molecule has 9 N–H and O–H groups in total. The van der Waals surface area contributed by atoms with Crippen LogP contribution in [0.25, 0.3) is 0 Å². The summed E-state index contributed by atoms with van der Waals surface area (Å²) < 4.78 is 27.3. The highest BCUT2D eigenvalue weighted by Gasteiger charge is 2.52. The van der Waals surface area contributed by atoms with Crippen LogP contribution in [0, 0.1) is 0 Å². The fourth-order valence-electron chi connectivity index (χ4n) is 4.38. The summed E-state index contributed by atoms with van der Waals surface area (Å²) in [5.41, 5.74) is 0. The van der Waals surface area contributed by atoms with Crippen molar-refractivity contribution in [1.29, 1.82) is 0 Å². The standard InChI is InChI=1S/C20H35NO14/c1-5-10(24)17(15(29)18(30)31-5)35-20-14(28)13(27)16(6(2)32-20)34-19-9(21-7(3)23)12(26)11(25)8(4-22)33-19/h5-6,8-20,22,24-30H,4H2,1-3H3,(H,21,23)/t5-,6-,8-,9-,10-,11-,12-,13-,14+,15+,16-,17+,18?,19+,20-/m1/s1. The highest BCUT2D eigenvalue weighted by atomic mass is 16.7. The van der Waals surface area contributed by atoms with Gasteiger partial charge in [-0.05, 0) is 13.8 Å². The lowest BCUT2D eigenvalue weighted by atomic mass is 9.95. The second-order valence-electron chi connectivity index (χ2n) is 9.04. The topological polar surface area (TPSA) is 237 Å². The lowest BCUT2D eigenvalue weighted by molar-refractivity contribution is -0.367. The first-order valence-corrected chi connectivity index (χ1v) is 11.3. The van der Waals surface area contributed by atoms with Crippen molar-refractivity contribution in [3.05, 3.63) is 0 Å². The van der Waals surface area contributed by atoms with E-state index in [0.29, 0.717) is 0 Å². The number of aliphatic hydroxyl groups is 8. The Morgan fingerprint density at radius 2 is 1.37 bits per heavy atom. The summed E-state index contributed by atoms with van der Waals surface area (Å²) in [4.78, 5) is 11.6. The molecule has 0 spiro atoms. The molecule has 3 aliphatic rings. The van der Waals surface area contributed by atoms with Crippen LogP contribution in [-0.4, -0.2) is 145 Å². The number of ether oxygens (including phenoxy) is 5. The van der Waals surface area contributed by atoms with Crippen molar-refractivity contribution >= 4 is 5.91 Å². The number of rotatable bonds is 6. The van der Waals surface area contributed by atoms with Crippen LogP contribution in [0.2, 0.25) is 0 Å². The Kier molecular flexibility index (Phi) is 9.42. The van der Waals surface area contributed by atoms with Crippen molar-refractivity contribution in [2.45, 2.75) is 113 Å². The largest absolute Gasteiger partial charge is 0.394 e. The van der Waals surface area contributed by atoms with Crippen molar-refractivity contribution in [2.75, 3.05) is 6.61 Å². The van der Waals surface area contributed by atoms with Gasteiger partial charge in [-0.15, -0.1) is 0 Å². The Labute approximate surface area is 200 Å². The van der Waals surface area contributed by atoms with Gasteiger partial charge in [0.05, 0.1) is 18.8 Å². The van der Waals surface area contributed by atoms with Gasteiger partial charge in [0, 0.05) is 6.92 Å². The van der Waals surface area contributed by atoms with Crippen molar-refractivity contribution in [2.24, 2.45) is 0 Å². The van der Waals surface area contributed by atoms with Gasteiger partial charge in [-0.2, -0.15) is 0 Å². The lowest BCUT2D eigenvalue weighted by Gasteiger charge is -2.48. The summed E-state index contributed by atoms with van der Waals surface area (Å²) in [6.45, 7) is 3.38. The second kappa shape index (κ2) is 11.6. The predicted molar refractivity (Wildman–Crippen MR) is 110 cm³/mol. The average molecular weight is 513 g/mol. The minimum Gasteiger partial charge on any atom is -0.394 e. The Morgan fingerprint density at radius 1 is 0.743 bits per heavy atom. The molecule has 15 heteroatoms. The molecule has 0 aromatic carbocycles. The van der Waals surface area contributed by atoms with E-state index in [2.05, 4.69) is 5.32 Å². The third kappa shape index (κ3) is 5.93. The summed E-state index contributed by atoms with van der Waals surface area (Å²) in [6, 6.07) is -1.29. The molecule has 0 bridgehead atoms. The monoisotopic (exact) mass is 513 g/mol. The van der Waals surface area contributed by atoms with Crippen LogP contribution in [0.4, 0.5) is 0 Å². The molecule has 1 unspecified atom stereocenters. The van der Waals surface area contributed by atoms with Crippen molar-refractivity contribution in [3.8, 4) is 0 Å². The summed E-state index contributed by atoms with van der Waals surface area (Å²) in [7, 11) is 0. The Balaban J connectivity index is 1.72. The number of hydrogen-bond donors (Lipinski definition) is 9. The molecule has 0 aromatic heterocycles. The molecule has 3 aliphatic heterocycles. The normalized spacial score (nSPS) is 51.1. The van der Waals surface area contributed by atoms with Gasteiger partial charge in [0.1, 0.15) is 61.0 Å². The summed E-state index contributed by atoms with van der Waals surface area (Å²) >= 11 is 0. The van der Waals surface area contributed by atoms with E-state index in [9.17, 15) is 45.6 Å². The highest BCUT2D eigenvalue weighted by Crippen LogP contribution is 2.32. The first kappa shape index (κ1) is 28.5. The molecule has 1 amide bonds. The molecule has 3 heterocycles. The van der Waals surface area contributed by atoms with Crippen molar-refractivity contribution in [3.63, 3.8) is 0 Å². The van der Waals surface area contributed by atoms with Crippen molar-refractivity contribution in [1.82, 2.24) is 5.32 Å². The van der Waals surface area contributed by atoms with Gasteiger partial charge < -0.3 is 69.9 Å². The zero-order valence-corrected chi connectivity index (χ0v) is 19.4. The zero-order chi connectivity index (χ0) is 26.2. The number of carbonyl (C=O) groups excluding carboxylic acids is 1. The fraction of sp³-hybridized carbons (Fsp3) is 0.950. The maximum absolute atomic E-state index is 11.6. The number of hydrogen-bond acceptors (Lipinski definition) is 14. The molecule has 35 heavy (non-hydrogen) atoms. The molecule has 3 fully saturated rings. The third-order valence-corrected chi connectivity index (χ3v) is 6.41. The highest BCUT2D eigenvalue weighted by molar-refractivity contribution is 5.73. The Hall–Kier alpha value is -1.05. The molecule has 15 nitrogen and oxygen atoms in total. The van der Waals surface area contributed by atoms with Crippen LogP contribution in [0.15, 0.2) is 0 Å². The first-order chi connectivity index (χ1) is 16.4. The van der Waals surface area contributed by atoms with Crippen molar-refractivity contribution < 1.29 is 69.3 Å². The zero-order valence-electron chi connectivity index (χ0n) is 19.4. The molecule has 204 valence electrons. The van der Waals surface area contributed by atoms with Gasteiger partial charge in [0.2, 0.25) is 5.91 Å². The molecular formula is C20H35NO14. The molecule has 0 saturated carbocycles. The maximum Gasteiger partial charge on any atom is 0.217 e. The third-order valence-electron chi connectivity index (χ3n) is 6.41. The molecule has 15 atom stereocenters. The smallest absolute Gasteiger partial charge is 0.217 e. The van der Waals surface area contributed by atoms with E-state index >= 15 is 0 Å². The molecule has 0 radical (unpaired) electrons. The minimum absolute atomic E-state index is 0.576. The van der Waals surface area contributed by atoms with Crippen LogP contribution >= 0.6 is 0 Å². The SMILES string of the molecule is CC(=O)N[C@H]1[C@H](O[C@H]2[C@H](O)[C@H](O)[C@@H](O[C@H]3[C@H](O)[C@@H](C)OC(O)[C@H]3O)O[C@@H]2C)O[C@H](CO)[C@@H](O)[C@@H]1O. The molecule has 3 rings (SSSR count). The predicted octanol–water partition coefficient (Wildman–Crippen LogP) is -5.37. The van der Waals surface area contributed by atoms with Gasteiger partial charge in [-0.1, -0.05) is 0 Å². The molecule has 0 aromatic rings. The summed E-state index contributed by atoms with van der Waals surface area (Å²) in [5.74, 6) is -0.576. The van der Waals surface area contributed by atoms with E-state index in [1.165, 1.54) is 13.8 Å². The van der Waals surface area contributed by atoms with E-state index in [0.717, 1.165) is 6.92 Å². The number of carbonyl (C=O) groups is 1. The molecular weight excluding hydrogens is 478 g/mol. The van der Waals surface area contributed by atoms with E-state index in [4.69, 9.17) is 23.7 Å². The van der Waals surface area contributed by atoms with Crippen LogP contribution in [0.5, 0.6) is 0 Å². The quantitative estimate of drug-likeness (QED) is 0.161. The molecule has 0 aliphatic carbocycles. The number of aliphatic hydroxyl groups excluding tert-OH is 8. The van der Waals surface area contributed by atoms with E-state index in [1.54, 1.807) is 0 Å². The molecule has 3 saturated heterocycles. The van der Waals surface area contributed by atoms with Crippen LogP contribution in [0.3, 0.4) is 0 Å². The number of amides is 1. The van der Waals surface area contributed by atoms with Gasteiger partial charge in [-0.25, -0.2) is 0 Å². The minimum atomic E-state index is -1.77. The van der Waals surface area contributed by atoms with Gasteiger partial charge in [0.25, 0.3) is 0 Å². The maximum atomic E-state index is 11.6. The Bertz CT molecular complexity index is 701. The number of nitrogens with one attached hydrogen (secondary N) is 1. The van der Waals surface area contributed by atoms with Crippen LogP contribution < -0.4 is 5.32 Å². The Morgan fingerprint density at radius 3 is 1.97 bits per heavy atom.